The maximum absolute atomic E-state index is 10.3. The van der Waals surface area contributed by atoms with Gasteiger partial charge in [0.2, 0.25) is 11.5 Å². The molecule has 0 saturated carbocycles. The van der Waals surface area contributed by atoms with E-state index in [4.69, 9.17) is 39.5 Å². The number of fused-ring (bicyclic) bond motifs is 1. The first-order chi connectivity index (χ1) is 16.3. The summed E-state index contributed by atoms with van der Waals surface area (Å²) < 4.78 is 16.6. The number of hydrogen-bond acceptors (Lipinski definition) is 9. The molecule has 35 heavy (non-hydrogen) atoms. The molecule has 1 aliphatic heterocycles. The standard InChI is InChI=1S/C11H14O3.C6H15NO.C6H8O7/c1-4-11(2)13-9-7-5-6-8(12-3)10(9)14-11;1-4-7(5-2)8-6-3;7-3(8)1-6(13,5(11)12)2-4(9)10/h5-7H,4H2,1-3H3;4-6H2,1-3H3;13H,1-2H2,(H,7,8)(H,9,10)(H,11,12). The molecule has 1 heterocycles. The number of para-hydroxylation sites is 1. The molecule has 12 heteroatoms. The van der Waals surface area contributed by atoms with Crippen molar-refractivity contribution in [3.63, 3.8) is 0 Å². The number of methoxy groups -OCH3 is 1. The Labute approximate surface area is 204 Å². The van der Waals surface area contributed by atoms with E-state index >= 15 is 0 Å². The number of carboxylic acids is 3. The molecule has 0 fully saturated rings. The first-order valence-corrected chi connectivity index (χ1v) is 11.1. The highest BCUT2D eigenvalue weighted by atomic mass is 16.7. The average molecular weight is 504 g/mol. The Kier molecular flexibility index (Phi) is 13.7. The SMILES string of the molecule is CCC1(C)Oc2cccc(OC)c2O1.CCON(CC)CC.O=C(O)CC(O)(CC(=O)O)C(=O)O. The van der Waals surface area contributed by atoms with Crippen LogP contribution in [0.4, 0.5) is 0 Å². The number of carbonyl (C=O) groups is 3. The van der Waals surface area contributed by atoms with Gasteiger partial charge < -0.3 is 34.6 Å². The molecule has 0 saturated heterocycles. The van der Waals surface area contributed by atoms with Gasteiger partial charge in [0.1, 0.15) is 0 Å². The second kappa shape index (κ2) is 15.0. The zero-order chi connectivity index (χ0) is 27.2. The van der Waals surface area contributed by atoms with Crippen LogP contribution in [0.5, 0.6) is 17.2 Å². The van der Waals surface area contributed by atoms with Gasteiger partial charge in [-0.1, -0.05) is 26.8 Å². The molecule has 0 aromatic heterocycles. The molecule has 0 aliphatic carbocycles. The van der Waals surface area contributed by atoms with Crippen molar-refractivity contribution >= 4 is 17.9 Å². The van der Waals surface area contributed by atoms with Crippen LogP contribution in [-0.2, 0) is 19.2 Å². The van der Waals surface area contributed by atoms with Crippen LogP contribution in [-0.4, -0.2) is 81.6 Å². The minimum atomic E-state index is -2.74. The van der Waals surface area contributed by atoms with Crippen LogP contribution in [0.1, 0.15) is 53.9 Å². The zero-order valence-corrected chi connectivity index (χ0v) is 21.1. The number of carboxylic acid groups (broad SMARTS) is 3. The fourth-order valence-electron chi connectivity index (χ4n) is 2.75. The van der Waals surface area contributed by atoms with Crippen molar-refractivity contribution < 1.29 is 53.9 Å². The summed E-state index contributed by atoms with van der Waals surface area (Å²) in [5.41, 5.74) is -2.74. The topological polar surface area (TPSA) is 172 Å². The normalized spacial score (nSPS) is 15.9. The lowest BCUT2D eigenvalue weighted by atomic mass is 9.96. The van der Waals surface area contributed by atoms with Crippen LogP contribution < -0.4 is 14.2 Å². The molecule has 1 unspecified atom stereocenters. The maximum atomic E-state index is 10.3. The van der Waals surface area contributed by atoms with Gasteiger partial charge in [-0.05, 0) is 19.1 Å². The summed E-state index contributed by atoms with van der Waals surface area (Å²) >= 11 is 0. The molecular formula is C23H37NO11. The van der Waals surface area contributed by atoms with E-state index in [1.165, 1.54) is 0 Å². The molecule has 0 spiro atoms. The van der Waals surface area contributed by atoms with Gasteiger partial charge in [-0.2, -0.15) is 5.06 Å². The number of rotatable bonds is 11. The predicted octanol–water partition coefficient (Wildman–Crippen LogP) is 2.62. The van der Waals surface area contributed by atoms with Gasteiger partial charge >= 0.3 is 17.9 Å². The van der Waals surface area contributed by atoms with E-state index in [1.54, 1.807) is 7.11 Å². The second-order valence-corrected chi connectivity index (χ2v) is 7.49. The minimum Gasteiger partial charge on any atom is -0.493 e. The van der Waals surface area contributed by atoms with Gasteiger partial charge in [0, 0.05) is 26.4 Å². The molecule has 1 aromatic carbocycles. The van der Waals surface area contributed by atoms with E-state index in [2.05, 4.69) is 13.8 Å². The van der Waals surface area contributed by atoms with Gasteiger partial charge in [0.25, 0.3) is 0 Å². The van der Waals surface area contributed by atoms with Crippen molar-refractivity contribution in [2.75, 3.05) is 26.8 Å². The van der Waals surface area contributed by atoms with Gasteiger partial charge in [-0.3, -0.25) is 14.4 Å². The van der Waals surface area contributed by atoms with E-state index in [0.29, 0.717) is 5.75 Å². The Morgan fingerprint density at radius 2 is 1.54 bits per heavy atom. The minimum absolute atomic E-state index is 0.545. The van der Waals surface area contributed by atoms with Crippen molar-refractivity contribution in [1.29, 1.82) is 0 Å². The highest BCUT2D eigenvalue weighted by Gasteiger charge is 2.41. The van der Waals surface area contributed by atoms with Crippen molar-refractivity contribution in [2.45, 2.75) is 65.3 Å². The number of hydrogen-bond donors (Lipinski definition) is 4. The molecule has 12 nitrogen and oxygen atoms in total. The summed E-state index contributed by atoms with van der Waals surface area (Å²) in [7, 11) is 1.63. The largest absolute Gasteiger partial charge is 0.493 e. The Bertz CT molecular complexity index is 810. The first kappa shape index (κ1) is 31.9. The fourth-order valence-corrected chi connectivity index (χ4v) is 2.75. The smallest absolute Gasteiger partial charge is 0.336 e. The molecule has 1 aliphatic rings. The fraction of sp³-hybridized carbons (Fsp3) is 0.609. The van der Waals surface area contributed by atoms with Crippen LogP contribution >= 0.6 is 0 Å². The molecule has 200 valence electrons. The average Bonchev–Trinajstić information content (AvgIpc) is 3.14. The third kappa shape index (κ3) is 10.8. The zero-order valence-electron chi connectivity index (χ0n) is 21.1. The Hall–Kier alpha value is -3.09. The van der Waals surface area contributed by atoms with Gasteiger partial charge in [0.05, 0.1) is 26.6 Å². The van der Waals surface area contributed by atoms with Crippen LogP contribution in [0.3, 0.4) is 0 Å². The lowest BCUT2D eigenvalue weighted by molar-refractivity contribution is -0.170. The summed E-state index contributed by atoms with van der Waals surface area (Å²) in [6, 6.07) is 5.64. The quantitative estimate of drug-likeness (QED) is 0.326. The summed E-state index contributed by atoms with van der Waals surface area (Å²) in [4.78, 5) is 35.7. The molecule has 0 bridgehead atoms. The number of nitrogens with zero attached hydrogens (tertiary/aromatic N) is 1. The lowest BCUT2D eigenvalue weighted by Gasteiger charge is -2.20. The van der Waals surface area contributed by atoms with Crippen LogP contribution in [0, 0.1) is 0 Å². The summed E-state index contributed by atoms with van der Waals surface area (Å²) in [5.74, 6) is -3.38. The number of aliphatic carboxylic acids is 3. The van der Waals surface area contributed by atoms with E-state index in [-0.39, 0.29) is 0 Å². The third-order valence-corrected chi connectivity index (χ3v) is 4.75. The van der Waals surface area contributed by atoms with E-state index in [0.717, 1.165) is 37.6 Å². The molecular weight excluding hydrogens is 466 g/mol. The molecule has 0 amide bonds. The highest BCUT2D eigenvalue weighted by Crippen LogP contribution is 2.46. The monoisotopic (exact) mass is 503 g/mol. The lowest BCUT2D eigenvalue weighted by Crippen LogP contribution is -2.42. The van der Waals surface area contributed by atoms with Crippen molar-refractivity contribution in [3.05, 3.63) is 18.2 Å². The van der Waals surface area contributed by atoms with E-state index < -0.39 is 42.1 Å². The van der Waals surface area contributed by atoms with E-state index in [1.807, 2.05) is 44.0 Å². The van der Waals surface area contributed by atoms with Crippen molar-refractivity contribution in [2.24, 2.45) is 0 Å². The van der Waals surface area contributed by atoms with Crippen LogP contribution in [0.25, 0.3) is 0 Å². The molecule has 1 aromatic rings. The number of ether oxygens (including phenoxy) is 3. The maximum Gasteiger partial charge on any atom is 0.336 e. The number of hydroxylamine groups is 2. The predicted molar refractivity (Wildman–Crippen MR) is 125 cm³/mol. The van der Waals surface area contributed by atoms with Gasteiger partial charge in [-0.15, -0.1) is 0 Å². The van der Waals surface area contributed by atoms with Crippen LogP contribution in [0.2, 0.25) is 0 Å². The third-order valence-electron chi connectivity index (χ3n) is 4.75. The number of aliphatic hydroxyl groups is 1. The van der Waals surface area contributed by atoms with Crippen LogP contribution in [0.15, 0.2) is 18.2 Å². The Balaban J connectivity index is 0.000000516. The van der Waals surface area contributed by atoms with Gasteiger partial charge in [0.15, 0.2) is 17.1 Å². The summed E-state index contributed by atoms with van der Waals surface area (Å²) in [6.45, 7) is 12.8. The van der Waals surface area contributed by atoms with Gasteiger partial charge in [-0.25, -0.2) is 4.79 Å². The molecule has 4 N–H and O–H groups in total. The first-order valence-electron chi connectivity index (χ1n) is 11.1. The van der Waals surface area contributed by atoms with Crippen molar-refractivity contribution in [1.82, 2.24) is 5.06 Å². The van der Waals surface area contributed by atoms with Crippen molar-refractivity contribution in [3.8, 4) is 17.2 Å². The van der Waals surface area contributed by atoms with E-state index in [9.17, 15) is 14.4 Å². The molecule has 0 radical (unpaired) electrons. The Morgan fingerprint density at radius 1 is 1.00 bits per heavy atom. The Morgan fingerprint density at radius 3 is 1.89 bits per heavy atom. The number of benzene rings is 1. The second-order valence-electron chi connectivity index (χ2n) is 7.49. The molecule has 1 atom stereocenters. The molecule has 2 rings (SSSR count). The summed E-state index contributed by atoms with van der Waals surface area (Å²) in [6.07, 6.45) is -1.49. The summed E-state index contributed by atoms with van der Waals surface area (Å²) in [5, 5.41) is 35.7. The highest BCUT2D eigenvalue weighted by molar-refractivity contribution is 5.88.